The average molecular weight is 332 g/mol. The van der Waals surface area contributed by atoms with Gasteiger partial charge in [0.05, 0.1) is 6.10 Å². The third kappa shape index (κ3) is 2.07. The first kappa shape index (κ1) is 12.2. The Balaban J connectivity index is 2.04. The molecule has 0 aliphatic heterocycles. The molecule has 0 spiro atoms. The lowest BCUT2D eigenvalue weighted by molar-refractivity contribution is -0.147. The van der Waals surface area contributed by atoms with Crippen LogP contribution in [0.3, 0.4) is 0 Å². The summed E-state index contributed by atoms with van der Waals surface area (Å²) >= 11 is 2.28. The molecule has 3 atom stereocenters. The van der Waals surface area contributed by atoms with Crippen LogP contribution in [0.25, 0.3) is 0 Å². The van der Waals surface area contributed by atoms with Gasteiger partial charge in [0.2, 0.25) is 0 Å². The van der Waals surface area contributed by atoms with Crippen molar-refractivity contribution in [2.75, 3.05) is 0 Å². The van der Waals surface area contributed by atoms with Crippen LogP contribution in [0.5, 0.6) is 5.75 Å². The SMILES string of the molecule is CCC1(C)C(O)CC1Oc1ccc(I)cc1. The van der Waals surface area contributed by atoms with Gasteiger partial charge in [-0.15, -0.1) is 0 Å². The van der Waals surface area contributed by atoms with Crippen LogP contribution in [0.4, 0.5) is 0 Å². The Morgan fingerprint density at radius 3 is 2.56 bits per heavy atom. The Kier molecular flexibility index (Phi) is 3.45. The van der Waals surface area contributed by atoms with Gasteiger partial charge >= 0.3 is 0 Å². The summed E-state index contributed by atoms with van der Waals surface area (Å²) in [6.07, 6.45) is 1.62. The molecule has 16 heavy (non-hydrogen) atoms. The molecule has 3 heteroatoms. The van der Waals surface area contributed by atoms with Crippen molar-refractivity contribution in [2.24, 2.45) is 5.41 Å². The van der Waals surface area contributed by atoms with Crippen molar-refractivity contribution in [2.45, 2.75) is 38.9 Å². The largest absolute Gasteiger partial charge is 0.490 e. The van der Waals surface area contributed by atoms with Crippen molar-refractivity contribution < 1.29 is 9.84 Å². The molecule has 1 fully saturated rings. The van der Waals surface area contributed by atoms with Gasteiger partial charge in [-0.3, -0.25) is 0 Å². The summed E-state index contributed by atoms with van der Waals surface area (Å²) < 4.78 is 7.12. The lowest BCUT2D eigenvalue weighted by atomic mass is 9.63. The van der Waals surface area contributed by atoms with E-state index in [2.05, 4.69) is 36.4 Å². The van der Waals surface area contributed by atoms with Crippen LogP contribution in [0.2, 0.25) is 0 Å². The van der Waals surface area contributed by atoms with E-state index in [0.717, 1.165) is 18.6 Å². The summed E-state index contributed by atoms with van der Waals surface area (Å²) in [6, 6.07) is 8.05. The molecule has 0 aromatic heterocycles. The van der Waals surface area contributed by atoms with E-state index in [9.17, 15) is 5.11 Å². The number of aliphatic hydroxyl groups excluding tert-OH is 1. The molecule has 0 amide bonds. The molecule has 0 radical (unpaired) electrons. The highest BCUT2D eigenvalue weighted by Crippen LogP contribution is 2.45. The van der Waals surface area contributed by atoms with Gasteiger partial charge in [-0.1, -0.05) is 13.8 Å². The van der Waals surface area contributed by atoms with Crippen LogP contribution in [-0.4, -0.2) is 17.3 Å². The highest BCUT2D eigenvalue weighted by molar-refractivity contribution is 14.1. The second-order valence-corrected chi connectivity index (χ2v) is 5.92. The Bertz CT molecular complexity index is 363. The molecular formula is C13H17IO2. The summed E-state index contributed by atoms with van der Waals surface area (Å²) in [7, 11) is 0. The van der Waals surface area contributed by atoms with E-state index in [4.69, 9.17) is 4.74 Å². The molecule has 0 bridgehead atoms. The van der Waals surface area contributed by atoms with Gasteiger partial charge in [0.1, 0.15) is 11.9 Å². The van der Waals surface area contributed by atoms with Crippen molar-refractivity contribution in [3.63, 3.8) is 0 Å². The number of benzene rings is 1. The first-order valence-corrected chi connectivity index (χ1v) is 6.74. The van der Waals surface area contributed by atoms with Crippen molar-refractivity contribution in [1.82, 2.24) is 0 Å². The standard InChI is InChI=1S/C13H17IO2/c1-3-13(2)11(15)8-12(13)16-10-6-4-9(14)5-7-10/h4-7,11-12,15H,3,8H2,1-2H3. The van der Waals surface area contributed by atoms with Gasteiger partial charge in [0.25, 0.3) is 0 Å². The molecule has 0 saturated heterocycles. The molecule has 1 saturated carbocycles. The lowest BCUT2D eigenvalue weighted by Crippen LogP contribution is -2.57. The fourth-order valence-corrected chi connectivity index (χ4v) is 2.48. The topological polar surface area (TPSA) is 29.5 Å². The Labute approximate surface area is 110 Å². The maximum atomic E-state index is 9.78. The second-order valence-electron chi connectivity index (χ2n) is 4.67. The van der Waals surface area contributed by atoms with Crippen LogP contribution < -0.4 is 4.74 Å². The van der Waals surface area contributed by atoms with Gasteiger partial charge in [-0.25, -0.2) is 0 Å². The lowest BCUT2D eigenvalue weighted by Gasteiger charge is -2.50. The molecule has 1 N–H and O–H groups in total. The van der Waals surface area contributed by atoms with Gasteiger partial charge in [-0.2, -0.15) is 0 Å². The number of hydrogen-bond donors (Lipinski definition) is 1. The van der Waals surface area contributed by atoms with Crippen molar-refractivity contribution >= 4 is 22.6 Å². The zero-order valence-corrected chi connectivity index (χ0v) is 11.8. The van der Waals surface area contributed by atoms with E-state index < -0.39 is 0 Å². The Morgan fingerprint density at radius 1 is 1.44 bits per heavy atom. The Morgan fingerprint density at radius 2 is 2.06 bits per heavy atom. The minimum Gasteiger partial charge on any atom is -0.490 e. The van der Waals surface area contributed by atoms with Crippen molar-refractivity contribution in [3.8, 4) is 5.75 Å². The zero-order valence-electron chi connectivity index (χ0n) is 9.61. The van der Waals surface area contributed by atoms with Crippen molar-refractivity contribution in [3.05, 3.63) is 27.8 Å². The minimum atomic E-state index is -0.216. The van der Waals surface area contributed by atoms with Crippen LogP contribution in [-0.2, 0) is 0 Å². The minimum absolute atomic E-state index is 0.0804. The maximum Gasteiger partial charge on any atom is 0.119 e. The maximum absolute atomic E-state index is 9.78. The number of ether oxygens (including phenoxy) is 1. The molecule has 88 valence electrons. The number of rotatable bonds is 3. The number of hydrogen-bond acceptors (Lipinski definition) is 2. The normalized spacial score (nSPS) is 33.2. The quantitative estimate of drug-likeness (QED) is 0.862. The highest BCUT2D eigenvalue weighted by atomic mass is 127. The Hall–Kier alpha value is -0.290. The van der Waals surface area contributed by atoms with Crippen molar-refractivity contribution in [1.29, 1.82) is 0 Å². The van der Waals surface area contributed by atoms with Crippen LogP contribution >= 0.6 is 22.6 Å². The molecule has 1 aromatic carbocycles. The molecule has 3 unspecified atom stereocenters. The summed E-state index contributed by atoms with van der Waals surface area (Å²) in [5.74, 6) is 0.900. The summed E-state index contributed by atoms with van der Waals surface area (Å²) in [6.45, 7) is 4.20. The first-order chi connectivity index (χ1) is 7.56. The molecule has 1 aromatic rings. The van der Waals surface area contributed by atoms with Gasteiger partial charge in [-0.05, 0) is 53.3 Å². The predicted octanol–water partition coefficient (Wildman–Crippen LogP) is 3.22. The summed E-state index contributed by atoms with van der Waals surface area (Å²) in [5, 5.41) is 9.78. The average Bonchev–Trinajstić information content (AvgIpc) is 2.30. The van der Waals surface area contributed by atoms with E-state index in [1.165, 1.54) is 3.57 Å². The number of aliphatic hydroxyl groups is 1. The van der Waals surface area contributed by atoms with E-state index in [0.29, 0.717) is 0 Å². The molecule has 1 aliphatic carbocycles. The monoisotopic (exact) mass is 332 g/mol. The van der Waals surface area contributed by atoms with Gasteiger partial charge in [0, 0.05) is 15.4 Å². The van der Waals surface area contributed by atoms with E-state index in [1.807, 2.05) is 24.3 Å². The summed E-state index contributed by atoms with van der Waals surface area (Å²) in [4.78, 5) is 0. The predicted molar refractivity (Wildman–Crippen MR) is 72.6 cm³/mol. The smallest absolute Gasteiger partial charge is 0.119 e. The molecular weight excluding hydrogens is 315 g/mol. The van der Waals surface area contributed by atoms with E-state index >= 15 is 0 Å². The fraction of sp³-hybridized carbons (Fsp3) is 0.538. The molecule has 0 heterocycles. The van der Waals surface area contributed by atoms with E-state index in [-0.39, 0.29) is 17.6 Å². The zero-order chi connectivity index (χ0) is 11.8. The first-order valence-electron chi connectivity index (χ1n) is 5.66. The molecule has 1 aliphatic rings. The number of halogens is 1. The molecule has 2 rings (SSSR count). The van der Waals surface area contributed by atoms with Gasteiger partial charge < -0.3 is 9.84 Å². The van der Waals surface area contributed by atoms with E-state index in [1.54, 1.807) is 0 Å². The highest BCUT2D eigenvalue weighted by Gasteiger charge is 2.51. The third-order valence-corrected chi connectivity index (χ3v) is 4.51. The molecule has 2 nitrogen and oxygen atoms in total. The van der Waals surface area contributed by atoms with Crippen LogP contribution in [0.15, 0.2) is 24.3 Å². The third-order valence-electron chi connectivity index (χ3n) is 3.79. The van der Waals surface area contributed by atoms with Crippen LogP contribution in [0, 0.1) is 8.99 Å². The summed E-state index contributed by atoms with van der Waals surface area (Å²) in [5.41, 5.74) is -0.0804. The fourth-order valence-electron chi connectivity index (χ4n) is 2.12. The van der Waals surface area contributed by atoms with Gasteiger partial charge in [0.15, 0.2) is 0 Å². The second kappa shape index (κ2) is 4.53. The van der Waals surface area contributed by atoms with Crippen LogP contribution in [0.1, 0.15) is 26.7 Å².